The Morgan fingerprint density at radius 3 is 2.90 bits per heavy atom. The molecule has 2 amide bonds. The van der Waals surface area contributed by atoms with Gasteiger partial charge in [0.05, 0.1) is 0 Å². The van der Waals surface area contributed by atoms with Crippen LogP contribution in [0.3, 0.4) is 0 Å². The smallest absolute Gasteiger partial charge is 0.317 e. The molecule has 1 aliphatic carbocycles. The van der Waals surface area contributed by atoms with E-state index in [9.17, 15) is 9.90 Å². The van der Waals surface area contributed by atoms with Crippen LogP contribution in [0, 0.1) is 0 Å². The lowest BCUT2D eigenvalue weighted by molar-refractivity contribution is 0.128. The van der Waals surface area contributed by atoms with E-state index in [2.05, 4.69) is 12.2 Å². The average Bonchev–Trinajstić information content (AvgIpc) is 2.49. The van der Waals surface area contributed by atoms with E-state index in [1.807, 2.05) is 16.7 Å². The number of aliphatic hydroxyl groups excluding tert-OH is 1. The lowest BCUT2D eigenvalue weighted by Crippen LogP contribution is -2.52. The van der Waals surface area contributed by atoms with Gasteiger partial charge in [0.2, 0.25) is 0 Å². The fourth-order valence-electron chi connectivity index (χ4n) is 3.64. The number of thioether (sulfide) groups is 1. The summed E-state index contributed by atoms with van der Waals surface area (Å²) in [6, 6.07) is 0.667. The molecule has 3 unspecified atom stereocenters. The molecule has 0 spiro atoms. The van der Waals surface area contributed by atoms with E-state index in [0.717, 1.165) is 38.0 Å². The number of amides is 2. The van der Waals surface area contributed by atoms with E-state index in [0.29, 0.717) is 17.7 Å². The molecule has 0 aromatic rings. The second-order valence-electron chi connectivity index (χ2n) is 6.25. The fourth-order valence-corrected chi connectivity index (χ4v) is 4.81. The summed E-state index contributed by atoms with van der Waals surface area (Å²) in [7, 11) is 0. The number of nitrogens with zero attached hydrogens (tertiary/aromatic N) is 1. The molecule has 0 aromatic heterocycles. The van der Waals surface area contributed by atoms with Crippen LogP contribution < -0.4 is 5.32 Å². The van der Waals surface area contributed by atoms with Crippen molar-refractivity contribution in [2.45, 2.75) is 75.6 Å². The molecule has 5 heteroatoms. The second kappa shape index (κ2) is 8.89. The SMILES string of the molecule is CCSC1CCCC(NC(=O)N2CCCCC2CCO)C1. The Hall–Kier alpha value is -0.420. The minimum Gasteiger partial charge on any atom is -0.396 e. The summed E-state index contributed by atoms with van der Waals surface area (Å²) in [6.07, 6.45) is 8.76. The monoisotopic (exact) mass is 314 g/mol. The van der Waals surface area contributed by atoms with Crippen molar-refractivity contribution in [1.82, 2.24) is 10.2 Å². The zero-order valence-electron chi connectivity index (χ0n) is 13.2. The van der Waals surface area contributed by atoms with E-state index < -0.39 is 0 Å². The van der Waals surface area contributed by atoms with Crippen LogP contribution in [0.5, 0.6) is 0 Å². The number of urea groups is 1. The molecule has 4 nitrogen and oxygen atoms in total. The molecule has 2 aliphatic rings. The van der Waals surface area contributed by atoms with Gasteiger partial charge in [-0.2, -0.15) is 11.8 Å². The summed E-state index contributed by atoms with van der Waals surface area (Å²) in [5.41, 5.74) is 0. The predicted molar refractivity (Wildman–Crippen MR) is 88.8 cm³/mol. The number of hydrogen-bond acceptors (Lipinski definition) is 3. The Kier molecular flexibility index (Phi) is 7.17. The third-order valence-corrected chi connectivity index (χ3v) is 5.94. The maximum Gasteiger partial charge on any atom is 0.317 e. The number of hydrogen-bond donors (Lipinski definition) is 2. The number of carbonyl (C=O) groups excluding carboxylic acids is 1. The summed E-state index contributed by atoms with van der Waals surface area (Å²) < 4.78 is 0. The summed E-state index contributed by atoms with van der Waals surface area (Å²) in [6.45, 7) is 3.23. The second-order valence-corrected chi connectivity index (χ2v) is 7.82. The normalized spacial score (nSPS) is 30.2. The lowest BCUT2D eigenvalue weighted by atomic mass is 9.95. The van der Waals surface area contributed by atoms with Gasteiger partial charge in [-0.25, -0.2) is 4.79 Å². The van der Waals surface area contributed by atoms with E-state index >= 15 is 0 Å². The van der Waals surface area contributed by atoms with Gasteiger partial charge in [-0.3, -0.25) is 0 Å². The molecule has 1 saturated heterocycles. The number of piperidine rings is 1. The molecule has 1 heterocycles. The fraction of sp³-hybridized carbons (Fsp3) is 0.938. The van der Waals surface area contributed by atoms with Crippen LogP contribution in [0.4, 0.5) is 4.79 Å². The van der Waals surface area contributed by atoms with Crippen LogP contribution in [0.2, 0.25) is 0 Å². The predicted octanol–water partition coefficient (Wildman–Crippen LogP) is 3.00. The number of likely N-dealkylation sites (tertiary alicyclic amines) is 1. The minimum absolute atomic E-state index is 0.0975. The third-order valence-electron chi connectivity index (χ3n) is 4.71. The van der Waals surface area contributed by atoms with Crippen LogP contribution in [0.25, 0.3) is 0 Å². The van der Waals surface area contributed by atoms with E-state index in [1.165, 1.54) is 19.3 Å². The molecule has 2 fully saturated rings. The Labute approximate surface area is 133 Å². The number of nitrogens with one attached hydrogen (secondary N) is 1. The molecule has 2 N–H and O–H groups in total. The standard InChI is InChI=1S/C16H30N2O2S/c1-2-21-15-8-5-6-13(12-15)17-16(20)18-10-4-3-7-14(18)9-11-19/h13-15,19H,2-12H2,1H3,(H,17,20). The van der Waals surface area contributed by atoms with Gasteiger partial charge in [-0.1, -0.05) is 13.3 Å². The molecule has 2 rings (SSSR count). The maximum absolute atomic E-state index is 12.5. The van der Waals surface area contributed by atoms with Crippen LogP contribution in [-0.4, -0.2) is 52.3 Å². The van der Waals surface area contributed by atoms with Crippen molar-refractivity contribution in [2.24, 2.45) is 0 Å². The van der Waals surface area contributed by atoms with Crippen LogP contribution in [0.15, 0.2) is 0 Å². The van der Waals surface area contributed by atoms with Crippen molar-refractivity contribution in [3.05, 3.63) is 0 Å². The third kappa shape index (κ3) is 5.06. The first-order chi connectivity index (χ1) is 10.2. The van der Waals surface area contributed by atoms with Crippen molar-refractivity contribution in [2.75, 3.05) is 18.9 Å². The zero-order valence-corrected chi connectivity index (χ0v) is 14.0. The van der Waals surface area contributed by atoms with Gasteiger partial charge < -0.3 is 15.3 Å². The molecular weight excluding hydrogens is 284 g/mol. The summed E-state index contributed by atoms with van der Waals surface area (Å²) >= 11 is 2.03. The van der Waals surface area contributed by atoms with Crippen LogP contribution in [-0.2, 0) is 0 Å². The Bertz CT molecular complexity index is 323. The Morgan fingerprint density at radius 1 is 1.29 bits per heavy atom. The molecule has 1 aliphatic heterocycles. The Balaban J connectivity index is 1.84. The first-order valence-corrected chi connectivity index (χ1v) is 9.59. The molecule has 0 aromatic carbocycles. The van der Waals surface area contributed by atoms with Gasteiger partial charge in [0, 0.05) is 30.5 Å². The molecule has 3 atom stereocenters. The van der Waals surface area contributed by atoms with Crippen molar-refractivity contribution in [3.8, 4) is 0 Å². The maximum atomic E-state index is 12.5. The largest absolute Gasteiger partial charge is 0.396 e. The number of aliphatic hydroxyl groups is 1. The lowest BCUT2D eigenvalue weighted by Gasteiger charge is -2.37. The van der Waals surface area contributed by atoms with Crippen molar-refractivity contribution < 1.29 is 9.90 Å². The summed E-state index contributed by atoms with van der Waals surface area (Å²) in [4.78, 5) is 14.5. The Morgan fingerprint density at radius 2 is 2.14 bits per heavy atom. The molecule has 0 bridgehead atoms. The van der Waals surface area contributed by atoms with Crippen LogP contribution >= 0.6 is 11.8 Å². The molecular formula is C16H30N2O2S. The quantitative estimate of drug-likeness (QED) is 0.820. The van der Waals surface area contributed by atoms with Crippen molar-refractivity contribution in [1.29, 1.82) is 0 Å². The molecule has 122 valence electrons. The highest BCUT2D eigenvalue weighted by Gasteiger charge is 2.29. The van der Waals surface area contributed by atoms with E-state index in [1.54, 1.807) is 0 Å². The highest BCUT2D eigenvalue weighted by molar-refractivity contribution is 7.99. The molecule has 21 heavy (non-hydrogen) atoms. The minimum atomic E-state index is 0.0975. The van der Waals surface area contributed by atoms with Gasteiger partial charge >= 0.3 is 6.03 Å². The number of rotatable bonds is 5. The zero-order chi connectivity index (χ0) is 15.1. The molecule has 0 radical (unpaired) electrons. The summed E-state index contributed by atoms with van der Waals surface area (Å²) in [5, 5.41) is 13.1. The topological polar surface area (TPSA) is 52.6 Å². The highest BCUT2D eigenvalue weighted by atomic mass is 32.2. The average molecular weight is 314 g/mol. The van der Waals surface area contributed by atoms with Gasteiger partial charge in [0.15, 0.2) is 0 Å². The van der Waals surface area contributed by atoms with Crippen molar-refractivity contribution >= 4 is 17.8 Å². The van der Waals surface area contributed by atoms with Crippen molar-refractivity contribution in [3.63, 3.8) is 0 Å². The van der Waals surface area contributed by atoms with Gasteiger partial charge in [-0.05, 0) is 50.7 Å². The highest BCUT2D eigenvalue weighted by Crippen LogP contribution is 2.29. The molecule has 1 saturated carbocycles. The van der Waals surface area contributed by atoms with Gasteiger partial charge in [-0.15, -0.1) is 0 Å². The summed E-state index contributed by atoms with van der Waals surface area (Å²) in [5.74, 6) is 1.16. The van der Waals surface area contributed by atoms with Gasteiger partial charge in [0.25, 0.3) is 0 Å². The first kappa shape index (κ1) is 16.9. The van der Waals surface area contributed by atoms with E-state index in [4.69, 9.17) is 0 Å². The van der Waals surface area contributed by atoms with E-state index in [-0.39, 0.29) is 18.7 Å². The van der Waals surface area contributed by atoms with Crippen LogP contribution in [0.1, 0.15) is 58.3 Å². The first-order valence-electron chi connectivity index (χ1n) is 8.54. The number of carbonyl (C=O) groups is 1. The van der Waals surface area contributed by atoms with Gasteiger partial charge in [0.1, 0.15) is 0 Å².